The first-order valence-electron chi connectivity index (χ1n) is 4.23. The Bertz CT molecular complexity index is 615. The quantitative estimate of drug-likeness (QED) is 0.611. The molecule has 1 aromatic carbocycles. The van der Waals surface area contributed by atoms with Gasteiger partial charge in [-0.1, -0.05) is 12.1 Å². The van der Waals surface area contributed by atoms with Gasteiger partial charge in [0.1, 0.15) is 0 Å². The fourth-order valence-electron chi connectivity index (χ4n) is 1.59. The zero-order valence-electron chi connectivity index (χ0n) is 7.16. The van der Waals surface area contributed by atoms with Gasteiger partial charge in [-0.05, 0) is 23.7 Å². The molecule has 0 unspecified atom stereocenters. The molecule has 0 bridgehead atoms. The molecule has 3 rings (SSSR count). The molecule has 0 atom stereocenters. The van der Waals surface area contributed by atoms with Crippen LogP contribution in [0.5, 0.6) is 0 Å². The number of fused-ring (bicyclic) bond motifs is 3. The van der Waals surface area contributed by atoms with Crippen LogP contribution in [-0.4, -0.2) is 15.0 Å². The number of nitrogens with one attached hydrogen (secondary N) is 1. The Kier molecular flexibility index (Phi) is 1.49. The Morgan fingerprint density at radius 3 is 3.07 bits per heavy atom. The topological polar surface area (TPSA) is 41.6 Å². The van der Waals surface area contributed by atoms with Crippen molar-refractivity contribution < 1.29 is 0 Å². The molecular formula is C10H6ClN3. The molecule has 3 nitrogen and oxygen atoms in total. The first-order valence-corrected chi connectivity index (χ1v) is 4.61. The number of aromatic amines is 1. The Labute approximate surface area is 84.7 Å². The van der Waals surface area contributed by atoms with E-state index in [2.05, 4.69) is 15.0 Å². The number of aromatic nitrogens is 3. The Morgan fingerprint density at radius 1 is 1.21 bits per heavy atom. The second-order valence-corrected chi connectivity index (χ2v) is 3.42. The van der Waals surface area contributed by atoms with Crippen molar-refractivity contribution in [1.82, 2.24) is 15.0 Å². The molecule has 3 aromatic rings. The van der Waals surface area contributed by atoms with Crippen molar-refractivity contribution in [2.45, 2.75) is 0 Å². The Morgan fingerprint density at radius 2 is 2.14 bits per heavy atom. The van der Waals surface area contributed by atoms with E-state index < -0.39 is 0 Å². The zero-order valence-corrected chi connectivity index (χ0v) is 7.92. The number of hydrogen-bond donors (Lipinski definition) is 1. The molecule has 0 aliphatic rings. The average molecular weight is 204 g/mol. The molecule has 0 fully saturated rings. The molecule has 0 saturated heterocycles. The van der Waals surface area contributed by atoms with Crippen LogP contribution in [0.1, 0.15) is 0 Å². The maximum atomic E-state index is 5.79. The van der Waals surface area contributed by atoms with Gasteiger partial charge in [0.05, 0.1) is 16.6 Å². The summed E-state index contributed by atoms with van der Waals surface area (Å²) in [5.41, 5.74) is 2.65. The van der Waals surface area contributed by atoms with E-state index in [1.54, 1.807) is 6.20 Å². The maximum absolute atomic E-state index is 5.79. The highest BCUT2D eigenvalue weighted by atomic mass is 35.5. The number of nitrogens with zero attached hydrogens (tertiary/aromatic N) is 2. The Hall–Kier alpha value is -1.61. The average Bonchev–Trinajstić information content (AvgIpc) is 2.59. The van der Waals surface area contributed by atoms with Gasteiger partial charge in [-0.2, -0.15) is 0 Å². The van der Waals surface area contributed by atoms with Crippen LogP contribution in [0.25, 0.3) is 21.9 Å². The van der Waals surface area contributed by atoms with Gasteiger partial charge in [-0.3, -0.25) is 4.98 Å². The van der Waals surface area contributed by atoms with Crippen molar-refractivity contribution in [3.63, 3.8) is 0 Å². The number of rotatable bonds is 0. The highest BCUT2D eigenvalue weighted by Gasteiger charge is 2.04. The van der Waals surface area contributed by atoms with Crippen LogP contribution < -0.4 is 0 Å². The van der Waals surface area contributed by atoms with Gasteiger partial charge < -0.3 is 4.98 Å². The maximum Gasteiger partial charge on any atom is 0.201 e. The van der Waals surface area contributed by atoms with E-state index in [-0.39, 0.29) is 0 Å². The predicted molar refractivity (Wildman–Crippen MR) is 56.4 cm³/mol. The molecule has 1 N–H and O–H groups in total. The molecule has 0 spiro atoms. The standard InChI is InChI=1S/C10H6ClN3/c11-10-13-7-4-3-6-2-1-5-12-8(6)9(7)14-10/h1-5H,(H,13,14). The number of halogens is 1. The molecule has 0 aliphatic heterocycles. The van der Waals surface area contributed by atoms with Gasteiger partial charge in [0.15, 0.2) is 0 Å². The lowest BCUT2D eigenvalue weighted by atomic mass is 10.2. The summed E-state index contributed by atoms with van der Waals surface area (Å²) in [7, 11) is 0. The minimum atomic E-state index is 0.401. The van der Waals surface area contributed by atoms with Crippen molar-refractivity contribution in [3.8, 4) is 0 Å². The van der Waals surface area contributed by atoms with Crippen LogP contribution in [0.2, 0.25) is 5.28 Å². The van der Waals surface area contributed by atoms with Crippen LogP contribution in [0.4, 0.5) is 0 Å². The van der Waals surface area contributed by atoms with Gasteiger partial charge in [-0.15, -0.1) is 0 Å². The van der Waals surface area contributed by atoms with Crippen molar-refractivity contribution in [1.29, 1.82) is 0 Å². The van der Waals surface area contributed by atoms with E-state index >= 15 is 0 Å². The number of hydrogen-bond acceptors (Lipinski definition) is 2. The second kappa shape index (κ2) is 2.69. The van der Waals surface area contributed by atoms with Crippen LogP contribution >= 0.6 is 11.6 Å². The van der Waals surface area contributed by atoms with E-state index in [1.165, 1.54) is 0 Å². The van der Waals surface area contributed by atoms with Gasteiger partial charge in [0, 0.05) is 11.6 Å². The molecule has 0 amide bonds. The summed E-state index contributed by atoms with van der Waals surface area (Å²) in [5.74, 6) is 0. The number of benzene rings is 1. The first kappa shape index (κ1) is 7.76. The summed E-state index contributed by atoms with van der Waals surface area (Å²) in [6.07, 6.45) is 1.76. The van der Waals surface area contributed by atoms with Crippen LogP contribution in [-0.2, 0) is 0 Å². The van der Waals surface area contributed by atoms with E-state index in [4.69, 9.17) is 11.6 Å². The molecular weight excluding hydrogens is 198 g/mol. The zero-order chi connectivity index (χ0) is 9.54. The van der Waals surface area contributed by atoms with Crippen molar-refractivity contribution in [3.05, 3.63) is 35.7 Å². The van der Waals surface area contributed by atoms with Crippen LogP contribution in [0.15, 0.2) is 30.5 Å². The summed E-state index contributed by atoms with van der Waals surface area (Å²) in [5, 5.41) is 1.48. The van der Waals surface area contributed by atoms with Crippen molar-refractivity contribution >= 4 is 33.5 Å². The summed E-state index contributed by atoms with van der Waals surface area (Å²) < 4.78 is 0. The van der Waals surface area contributed by atoms with E-state index in [0.717, 1.165) is 21.9 Å². The minimum Gasteiger partial charge on any atom is -0.327 e. The third-order valence-corrected chi connectivity index (χ3v) is 2.38. The van der Waals surface area contributed by atoms with Crippen LogP contribution in [0, 0.1) is 0 Å². The third-order valence-electron chi connectivity index (χ3n) is 2.20. The normalized spacial score (nSPS) is 11.2. The highest BCUT2D eigenvalue weighted by Crippen LogP contribution is 2.22. The summed E-state index contributed by atoms with van der Waals surface area (Å²) in [6, 6.07) is 7.84. The molecule has 0 saturated carbocycles. The SMILES string of the molecule is Clc1nc2ccc3cccnc3c2[nH]1. The summed E-state index contributed by atoms with van der Waals surface area (Å²) in [6.45, 7) is 0. The lowest BCUT2D eigenvalue weighted by Crippen LogP contribution is -1.79. The van der Waals surface area contributed by atoms with Crippen molar-refractivity contribution in [2.24, 2.45) is 0 Å². The van der Waals surface area contributed by atoms with E-state index in [0.29, 0.717) is 5.28 Å². The Balaban J connectivity index is 2.60. The van der Waals surface area contributed by atoms with Crippen molar-refractivity contribution in [2.75, 3.05) is 0 Å². The fourth-order valence-corrected chi connectivity index (χ4v) is 1.77. The molecule has 0 radical (unpaired) electrons. The third kappa shape index (κ3) is 0.992. The molecule has 2 aromatic heterocycles. The summed E-state index contributed by atoms with van der Waals surface area (Å²) >= 11 is 5.79. The molecule has 68 valence electrons. The lowest BCUT2D eigenvalue weighted by Gasteiger charge is -1.95. The van der Waals surface area contributed by atoms with Crippen LogP contribution in [0.3, 0.4) is 0 Å². The van der Waals surface area contributed by atoms with Gasteiger partial charge in [-0.25, -0.2) is 4.98 Å². The predicted octanol–water partition coefficient (Wildman–Crippen LogP) is 2.76. The second-order valence-electron chi connectivity index (χ2n) is 3.06. The van der Waals surface area contributed by atoms with E-state index in [1.807, 2.05) is 24.3 Å². The minimum absolute atomic E-state index is 0.401. The largest absolute Gasteiger partial charge is 0.327 e. The first-order chi connectivity index (χ1) is 6.84. The van der Waals surface area contributed by atoms with Gasteiger partial charge in [0.2, 0.25) is 5.28 Å². The smallest absolute Gasteiger partial charge is 0.201 e. The number of H-pyrrole nitrogens is 1. The van der Waals surface area contributed by atoms with Gasteiger partial charge in [0.25, 0.3) is 0 Å². The van der Waals surface area contributed by atoms with Gasteiger partial charge >= 0.3 is 0 Å². The molecule has 14 heavy (non-hydrogen) atoms. The fraction of sp³-hybridized carbons (Fsp3) is 0. The number of pyridine rings is 1. The molecule has 0 aliphatic carbocycles. The molecule has 4 heteroatoms. The summed E-state index contributed by atoms with van der Waals surface area (Å²) in [4.78, 5) is 11.4. The van der Waals surface area contributed by atoms with E-state index in [9.17, 15) is 0 Å². The number of imidazole rings is 1. The lowest BCUT2D eigenvalue weighted by molar-refractivity contribution is 1.34. The monoisotopic (exact) mass is 203 g/mol. The molecule has 2 heterocycles. The highest BCUT2D eigenvalue weighted by molar-refractivity contribution is 6.29.